The maximum absolute atomic E-state index is 5.68. The van der Waals surface area contributed by atoms with Crippen molar-refractivity contribution in [3.63, 3.8) is 0 Å². The van der Waals surface area contributed by atoms with Gasteiger partial charge in [-0.3, -0.25) is 0 Å². The molecule has 0 aliphatic heterocycles. The Hall–Kier alpha value is -1.80. The van der Waals surface area contributed by atoms with Crippen LogP contribution in [0.2, 0.25) is 0 Å². The molecule has 0 aliphatic carbocycles. The Bertz CT molecular complexity index is 479. The fourth-order valence-electron chi connectivity index (χ4n) is 2.19. The zero-order valence-corrected chi connectivity index (χ0v) is 11.9. The SMILES string of the molecule is Nc1ccc(CCCOCCCc2ccccc2)cc1. The van der Waals surface area contributed by atoms with Crippen LogP contribution in [0.5, 0.6) is 0 Å². The lowest BCUT2D eigenvalue weighted by Crippen LogP contribution is -2.00. The number of hydrogen-bond donors (Lipinski definition) is 1. The third-order valence-electron chi connectivity index (χ3n) is 3.33. The molecule has 0 aromatic heterocycles. The topological polar surface area (TPSA) is 35.2 Å². The monoisotopic (exact) mass is 269 g/mol. The van der Waals surface area contributed by atoms with Gasteiger partial charge in [0.05, 0.1) is 0 Å². The Balaban J connectivity index is 1.51. The summed E-state index contributed by atoms with van der Waals surface area (Å²) in [7, 11) is 0. The second-order valence-corrected chi connectivity index (χ2v) is 5.05. The number of rotatable bonds is 8. The molecule has 0 atom stereocenters. The van der Waals surface area contributed by atoms with E-state index in [1.54, 1.807) is 0 Å². The van der Waals surface area contributed by atoms with Crippen molar-refractivity contribution in [1.82, 2.24) is 0 Å². The van der Waals surface area contributed by atoms with Crippen molar-refractivity contribution < 1.29 is 4.74 Å². The molecule has 2 N–H and O–H groups in total. The molecule has 0 spiro atoms. The van der Waals surface area contributed by atoms with Crippen LogP contribution in [0.1, 0.15) is 24.0 Å². The number of hydrogen-bond acceptors (Lipinski definition) is 2. The highest BCUT2D eigenvalue weighted by atomic mass is 16.5. The minimum atomic E-state index is 0.825. The number of ether oxygens (including phenoxy) is 1. The van der Waals surface area contributed by atoms with Crippen LogP contribution in [0.3, 0.4) is 0 Å². The van der Waals surface area contributed by atoms with Crippen LogP contribution in [-0.4, -0.2) is 13.2 Å². The molecule has 0 radical (unpaired) electrons. The van der Waals surface area contributed by atoms with Crippen LogP contribution >= 0.6 is 0 Å². The van der Waals surface area contributed by atoms with E-state index >= 15 is 0 Å². The normalized spacial score (nSPS) is 10.6. The molecule has 2 aromatic carbocycles. The fraction of sp³-hybridized carbons (Fsp3) is 0.333. The lowest BCUT2D eigenvalue weighted by atomic mass is 10.1. The Morgan fingerprint density at radius 1 is 0.700 bits per heavy atom. The molecule has 0 bridgehead atoms. The third-order valence-corrected chi connectivity index (χ3v) is 3.33. The maximum Gasteiger partial charge on any atom is 0.0469 e. The van der Waals surface area contributed by atoms with Gasteiger partial charge in [-0.2, -0.15) is 0 Å². The highest BCUT2D eigenvalue weighted by molar-refractivity contribution is 5.39. The summed E-state index contributed by atoms with van der Waals surface area (Å²) in [6, 6.07) is 18.6. The quantitative estimate of drug-likeness (QED) is 0.583. The Morgan fingerprint density at radius 2 is 1.25 bits per heavy atom. The standard InChI is InChI=1S/C18H23NO/c19-18-12-10-17(11-13-18)9-5-15-20-14-4-8-16-6-2-1-3-7-16/h1-3,6-7,10-13H,4-5,8-9,14-15,19H2. The number of nitrogen functional groups attached to an aromatic ring is 1. The van der Waals surface area contributed by atoms with Gasteiger partial charge in [-0.15, -0.1) is 0 Å². The second kappa shape index (κ2) is 8.39. The van der Waals surface area contributed by atoms with Crippen molar-refractivity contribution in [1.29, 1.82) is 0 Å². The van der Waals surface area contributed by atoms with Gasteiger partial charge in [0.25, 0.3) is 0 Å². The van der Waals surface area contributed by atoms with Gasteiger partial charge in [0.15, 0.2) is 0 Å². The minimum Gasteiger partial charge on any atom is -0.399 e. The van der Waals surface area contributed by atoms with E-state index in [-0.39, 0.29) is 0 Å². The molecule has 2 heteroatoms. The van der Waals surface area contributed by atoms with Crippen molar-refractivity contribution in [2.24, 2.45) is 0 Å². The molecule has 2 aromatic rings. The minimum absolute atomic E-state index is 0.825. The maximum atomic E-state index is 5.68. The summed E-state index contributed by atoms with van der Waals surface area (Å²) >= 11 is 0. The molecule has 0 fully saturated rings. The number of anilines is 1. The first-order chi connectivity index (χ1) is 9.84. The summed E-state index contributed by atoms with van der Waals surface area (Å²) in [4.78, 5) is 0. The molecular weight excluding hydrogens is 246 g/mol. The molecule has 0 heterocycles. The predicted molar refractivity (Wildman–Crippen MR) is 84.8 cm³/mol. The van der Waals surface area contributed by atoms with Crippen molar-refractivity contribution in [2.75, 3.05) is 18.9 Å². The summed E-state index contributed by atoms with van der Waals surface area (Å²) in [5.74, 6) is 0. The predicted octanol–water partition coefficient (Wildman–Crippen LogP) is 3.85. The molecule has 20 heavy (non-hydrogen) atoms. The van der Waals surface area contributed by atoms with E-state index < -0.39 is 0 Å². The van der Waals surface area contributed by atoms with E-state index in [9.17, 15) is 0 Å². The smallest absolute Gasteiger partial charge is 0.0469 e. The van der Waals surface area contributed by atoms with E-state index in [0.29, 0.717) is 0 Å². The van der Waals surface area contributed by atoms with Crippen molar-refractivity contribution in [3.05, 3.63) is 65.7 Å². The molecular formula is C18H23NO. The molecule has 0 saturated heterocycles. The van der Waals surface area contributed by atoms with Crippen molar-refractivity contribution >= 4 is 5.69 Å². The Kier molecular flexibility index (Phi) is 6.12. The summed E-state index contributed by atoms with van der Waals surface area (Å²) < 4.78 is 5.68. The van der Waals surface area contributed by atoms with Crippen molar-refractivity contribution in [3.8, 4) is 0 Å². The van der Waals surface area contributed by atoms with Gasteiger partial charge < -0.3 is 10.5 Å². The number of nitrogens with two attached hydrogens (primary N) is 1. The van der Waals surface area contributed by atoms with Crippen LogP contribution in [0, 0.1) is 0 Å². The summed E-state index contributed by atoms with van der Waals surface area (Å²) in [6.45, 7) is 1.68. The van der Waals surface area contributed by atoms with Gasteiger partial charge in [0, 0.05) is 18.9 Å². The molecule has 0 unspecified atom stereocenters. The largest absolute Gasteiger partial charge is 0.399 e. The zero-order valence-electron chi connectivity index (χ0n) is 11.9. The first-order valence-corrected chi connectivity index (χ1v) is 7.31. The van der Waals surface area contributed by atoms with Gasteiger partial charge in [-0.05, 0) is 48.9 Å². The summed E-state index contributed by atoms with van der Waals surface area (Å²) in [5, 5.41) is 0. The van der Waals surface area contributed by atoms with E-state index in [0.717, 1.165) is 44.6 Å². The molecule has 2 rings (SSSR count). The molecule has 0 saturated carbocycles. The van der Waals surface area contributed by atoms with Crippen LogP contribution in [0.4, 0.5) is 5.69 Å². The van der Waals surface area contributed by atoms with E-state index in [1.807, 2.05) is 12.1 Å². The molecule has 0 aliphatic rings. The fourth-order valence-corrected chi connectivity index (χ4v) is 2.19. The highest BCUT2D eigenvalue weighted by Gasteiger charge is 1.95. The Morgan fingerprint density at radius 3 is 1.85 bits per heavy atom. The van der Waals surface area contributed by atoms with Crippen LogP contribution in [0.15, 0.2) is 54.6 Å². The third kappa shape index (κ3) is 5.45. The summed E-state index contributed by atoms with van der Waals surface area (Å²) in [5.41, 5.74) is 9.20. The van der Waals surface area contributed by atoms with E-state index in [4.69, 9.17) is 10.5 Å². The van der Waals surface area contributed by atoms with Gasteiger partial charge in [-0.25, -0.2) is 0 Å². The first-order valence-electron chi connectivity index (χ1n) is 7.31. The van der Waals surface area contributed by atoms with Gasteiger partial charge in [0.1, 0.15) is 0 Å². The molecule has 2 nitrogen and oxygen atoms in total. The molecule has 106 valence electrons. The van der Waals surface area contributed by atoms with E-state index in [2.05, 4.69) is 42.5 Å². The second-order valence-electron chi connectivity index (χ2n) is 5.05. The lowest BCUT2D eigenvalue weighted by Gasteiger charge is -2.05. The highest BCUT2D eigenvalue weighted by Crippen LogP contribution is 2.08. The average Bonchev–Trinajstić information content (AvgIpc) is 2.49. The Labute approximate surface area is 121 Å². The van der Waals surface area contributed by atoms with E-state index in [1.165, 1.54) is 11.1 Å². The lowest BCUT2D eigenvalue weighted by molar-refractivity contribution is 0.130. The zero-order chi connectivity index (χ0) is 14.0. The average molecular weight is 269 g/mol. The number of aryl methyl sites for hydroxylation is 2. The summed E-state index contributed by atoms with van der Waals surface area (Å²) in [6.07, 6.45) is 4.30. The first kappa shape index (κ1) is 14.6. The van der Waals surface area contributed by atoms with Crippen LogP contribution in [-0.2, 0) is 17.6 Å². The van der Waals surface area contributed by atoms with Gasteiger partial charge in [0.2, 0.25) is 0 Å². The van der Waals surface area contributed by atoms with Crippen LogP contribution < -0.4 is 5.73 Å². The van der Waals surface area contributed by atoms with Gasteiger partial charge in [-0.1, -0.05) is 42.5 Å². The van der Waals surface area contributed by atoms with Crippen LogP contribution in [0.25, 0.3) is 0 Å². The van der Waals surface area contributed by atoms with Gasteiger partial charge >= 0.3 is 0 Å². The molecule has 0 amide bonds. The number of benzene rings is 2. The van der Waals surface area contributed by atoms with Crippen molar-refractivity contribution in [2.45, 2.75) is 25.7 Å².